The molecule has 0 saturated heterocycles. The van der Waals surface area contributed by atoms with Crippen LogP contribution < -0.4 is 0 Å². The molecule has 3 N–H and O–H groups in total. The molecule has 7 nitrogen and oxygen atoms in total. The molecule has 0 radical (unpaired) electrons. The first kappa shape index (κ1) is 12.4. The molecule has 0 aliphatic rings. The van der Waals surface area contributed by atoms with Gasteiger partial charge in [0.25, 0.3) is 0 Å². The van der Waals surface area contributed by atoms with E-state index in [2.05, 4.69) is 13.4 Å². The van der Waals surface area contributed by atoms with Gasteiger partial charge in [0.1, 0.15) is 0 Å². The Kier molecular flexibility index (Phi) is 4.76. The standard InChI is InChI=1S/C3H12O7P2/c1-3-9-12(6,7)10-11(4,5)8-2/h4-5,11H,3H2,1-2H3,(H,6,7). The molecule has 0 rings (SSSR count). The van der Waals surface area contributed by atoms with Crippen LogP contribution in [0.2, 0.25) is 0 Å². The maximum atomic E-state index is 10.7. The molecule has 12 heavy (non-hydrogen) atoms. The molecule has 0 heterocycles. The molecule has 76 valence electrons. The van der Waals surface area contributed by atoms with Gasteiger partial charge in [-0.05, 0) is 0 Å². The summed E-state index contributed by atoms with van der Waals surface area (Å²) >= 11 is 0. The second kappa shape index (κ2) is 4.60. The van der Waals surface area contributed by atoms with Crippen LogP contribution in [-0.2, 0) is 17.9 Å². The van der Waals surface area contributed by atoms with Gasteiger partial charge in [-0.1, -0.05) is 0 Å². The molecule has 0 amide bonds. The monoisotopic (exact) mass is 222 g/mol. The van der Waals surface area contributed by atoms with Crippen LogP contribution in [0.5, 0.6) is 0 Å². The van der Waals surface area contributed by atoms with Crippen molar-refractivity contribution in [3.05, 3.63) is 0 Å². The van der Waals surface area contributed by atoms with Crippen LogP contribution in [0.1, 0.15) is 6.92 Å². The summed E-state index contributed by atoms with van der Waals surface area (Å²) in [5, 5.41) is 0. The van der Waals surface area contributed by atoms with Crippen molar-refractivity contribution in [2.45, 2.75) is 6.92 Å². The van der Waals surface area contributed by atoms with Crippen LogP contribution in [0.15, 0.2) is 0 Å². The van der Waals surface area contributed by atoms with E-state index < -0.39 is 16.0 Å². The van der Waals surface area contributed by atoms with E-state index in [4.69, 9.17) is 14.7 Å². The maximum absolute atomic E-state index is 10.7. The van der Waals surface area contributed by atoms with Gasteiger partial charge in [-0.2, -0.15) is 0 Å². The molecule has 0 aromatic rings. The summed E-state index contributed by atoms with van der Waals surface area (Å²) in [4.78, 5) is 26.2. The van der Waals surface area contributed by atoms with E-state index in [1.807, 2.05) is 0 Å². The zero-order chi connectivity index (χ0) is 9.83. The Hall–Kier alpha value is 0.420. The molecule has 1 unspecified atom stereocenters. The second-order valence-electron chi connectivity index (χ2n) is 1.73. The Bertz CT molecular complexity index is 179. The van der Waals surface area contributed by atoms with Gasteiger partial charge < -0.3 is 0 Å². The van der Waals surface area contributed by atoms with Crippen molar-refractivity contribution < 1.29 is 32.6 Å². The minimum absolute atomic E-state index is 0.0814. The van der Waals surface area contributed by atoms with E-state index in [0.717, 1.165) is 7.11 Å². The van der Waals surface area contributed by atoms with Crippen molar-refractivity contribution in [1.82, 2.24) is 0 Å². The van der Waals surface area contributed by atoms with Gasteiger partial charge >= 0.3 is 69.2 Å². The fourth-order valence-corrected chi connectivity index (χ4v) is 2.41. The predicted octanol–water partition coefficient (Wildman–Crippen LogP) is 0.181. The molecule has 9 heteroatoms. The van der Waals surface area contributed by atoms with Crippen molar-refractivity contribution >= 4 is 16.0 Å². The van der Waals surface area contributed by atoms with Crippen molar-refractivity contribution in [1.29, 1.82) is 0 Å². The summed E-state index contributed by atoms with van der Waals surface area (Å²) in [5.74, 6) is 0. The molecule has 0 aromatic heterocycles. The van der Waals surface area contributed by atoms with E-state index in [1.165, 1.54) is 6.92 Å². The van der Waals surface area contributed by atoms with Crippen LogP contribution in [0, 0.1) is 0 Å². The van der Waals surface area contributed by atoms with E-state index >= 15 is 0 Å². The van der Waals surface area contributed by atoms with Gasteiger partial charge in [-0.3, -0.25) is 0 Å². The second-order valence-corrected chi connectivity index (χ2v) is 5.16. The van der Waals surface area contributed by atoms with Gasteiger partial charge in [-0.25, -0.2) is 0 Å². The molecular weight excluding hydrogens is 210 g/mol. The number of rotatable bonds is 5. The fraction of sp³-hybridized carbons (Fsp3) is 1.00. The van der Waals surface area contributed by atoms with E-state index in [9.17, 15) is 4.57 Å². The topological polar surface area (TPSA) is 105 Å². The normalized spacial score (nSPS) is 18.8. The van der Waals surface area contributed by atoms with Gasteiger partial charge in [0.15, 0.2) is 0 Å². The fourth-order valence-electron chi connectivity index (χ4n) is 0.377. The summed E-state index contributed by atoms with van der Waals surface area (Å²) in [6.45, 7) is 1.37. The third-order valence-electron chi connectivity index (χ3n) is 0.792. The predicted molar refractivity (Wildman–Crippen MR) is 42.3 cm³/mol. The van der Waals surface area contributed by atoms with Crippen LogP contribution in [0.25, 0.3) is 0 Å². The van der Waals surface area contributed by atoms with Crippen LogP contribution in [0.4, 0.5) is 0 Å². The van der Waals surface area contributed by atoms with E-state index in [-0.39, 0.29) is 6.61 Å². The van der Waals surface area contributed by atoms with Crippen LogP contribution >= 0.6 is 16.0 Å². The third kappa shape index (κ3) is 5.13. The molecule has 0 bridgehead atoms. The van der Waals surface area contributed by atoms with Crippen molar-refractivity contribution in [3.63, 3.8) is 0 Å². The molecule has 1 atom stereocenters. The van der Waals surface area contributed by atoms with Gasteiger partial charge in [0.2, 0.25) is 0 Å². The van der Waals surface area contributed by atoms with Crippen molar-refractivity contribution in [2.75, 3.05) is 13.7 Å². The SMILES string of the molecule is CCOP(=O)(O)O[PH](O)(O)OC. The zero-order valence-corrected chi connectivity index (χ0v) is 8.52. The Balaban J connectivity index is 4.14. The van der Waals surface area contributed by atoms with Gasteiger partial charge in [0, 0.05) is 0 Å². The summed E-state index contributed by atoms with van der Waals surface area (Å²) in [5.41, 5.74) is 0. The van der Waals surface area contributed by atoms with Crippen molar-refractivity contribution in [3.8, 4) is 0 Å². The molecular formula is C3H12O7P2. The third-order valence-corrected chi connectivity index (χ3v) is 3.78. The van der Waals surface area contributed by atoms with Crippen LogP contribution in [0.3, 0.4) is 0 Å². The number of hydrogen-bond acceptors (Lipinski definition) is 6. The summed E-state index contributed by atoms with van der Waals surface area (Å²) in [6.07, 6.45) is 0. The quantitative estimate of drug-likeness (QED) is 0.569. The summed E-state index contributed by atoms with van der Waals surface area (Å²) in [6, 6.07) is 0. The number of phosphoric ester groups is 1. The number of phosphoric acid groups is 1. The Morgan fingerprint density at radius 1 is 1.50 bits per heavy atom. The zero-order valence-electron chi connectivity index (χ0n) is 6.63. The number of hydrogen-bond donors (Lipinski definition) is 3. The van der Waals surface area contributed by atoms with Crippen molar-refractivity contribution in [2.24, 2.45) is 0 Å². The molecule has 0 aromatic carbocycles. The minimum atomic E-state index is -4.49. The van der Waals surface area contributed by atoms with E-state index in [1.54, 1.807) is 0 Å². The van der Waals surface area contributed by atoms with Gasteiger partial charge in [0.05, 0.1) is 0 Å². The summed E-state index contributed by atoms with van der Waals surface area (Å²) < 4.78 is 22.9. The first-order valence-electron chi connectivity index (χ1n) is 3.01. The van der Waals surface area contributed by atoms with E-state index in [0.29, 0.717) is 0 Å². The molecule has 0 saturated carbocycles. The first-order valence-corrected chi connectivity index (χ1v) is 6.21. The Morgan fingerprint density at radius 2 is 2.00 bits per heavy atom. The first-order chi connectivity index (χ1) is 5.33. The Morgan fingerprint density at radius 3 is 2.33 bits per heavy atom. The average molecular weight is 222 g/mol. The van der Waals surface area contributed by atoms with Gasteiger partial charge in [-0.15, -0.1) is 0 Å². The Labute approximate surface area is 70.2 Å². The molecule has 0 aliphatic carbocycles. The average Bonchev–Trinajstić information content (AvgIpc) is 1.85. The summed E-state index contributed by atoms with van der Waals surface area (Å²) in [7, 11) is -7.94. The molecule has 0 aliphatic heterocycles. The van der Waals surface area contributed by atoms with Crippen LogP contribution in [-0.4, -0.2) is 28.4 Å². The molecule has 0 spiro atoms. The molecule has 0 fully saturated rings.